The molecule has 0 spiro atoms. The van der Waals surface area contributed by atoms with E-state index in [4.69, 9.17) is 22.4 Å². The van der Waals surface area contributed by atoms with Crippen molar-refractivity contribution in [3.8, 4) is 0 Å². The fourth-order valence-electron chi connectivity index (χ4n) is 2.15. The highest BCUT2D eigenvalue weighted by Gasteiger charge is 2.36. The molecule has 1 aliphatic heterocycles. The van der Waals surface area contributed by atoms with Crippen LogP contribution in [0.3, 0.4) is 0 Å². The number of esters is 1. The van der Waals surface area contributed by atoms with E-state index < -0.39 is 0 Å². The Kier molecular flexibility index (Phi) is 4.49. The summed E-state index contributed by atoms with van der Waals surface area (Å²) in [5.41, 5.74) is 1.67. The molecule has 1 atom stereocenters. The lowest BCUT2D eigenvalue weighted by atomic mass is 9.86. The van der Waals surface area contributed by atoms with Gasteiger partial charge in [0.2, 0.25) is 0 Å². The van der Waals surface area contributed by atoms with E-state index in [9.17, 15) is 4.79 Å². The van der Waals surface area contributed by atoms with E-state index in [0.717, 1.165) is 4.88 Å². The van der Waals surface area contributed by atoms with Gasteiger partial charge in [0.25, 0.3) is 0 Å². The monoisotopic (exact) mass is 306 g/mol. The molecule has 6 heteroatoms. The number of rotatable bonds is 3. The predicted octanol–water partition coefficient (Wildman–Crippen LogP) is 2.77. The first-order chi connectivity index (χ1) is 9.60. The summed E-state index contributed by atoms with van der Waals surface area (Å²) in [7, 11) is 0. The molecule has 1 aromatic rings. The molecule has 0 aromatic carbocycles. The number of thiocarbonyl (C=S) groups is 1. The summed E-state index contributed by atoms with van der Waals surface area (Å²) in [6, 6.07) is 3.83. The molecule has 0 fully saturated rings. The molecule has 1 unspecified atom stereocenters. The van der Waals surface area contributed by atoms with Crippen LogP contribution in [0.1, 0.15) is 24.6 Å². The second-order valence-electron chi connectivity index (χ2n) is 4.20. The molecule has 1 aromatic heterocycles. The Balaban J connectivity index is 2.59. The van der Waals surface area contributed by atoms with Crippen molar-refractivity contribution in [3.63, 3.8) is 0 Å². The van der Waals surface area contributed by atoms with E-state index in [0.29, 0.717) is 28.4 Å². The molecule has 1 aliphatic rings. The van der Waals surface area contributed by atoms with Gasteiger partial charge in [-0.3, -0.25) is 5.41 Å². The Hall–Kier alpha value is -1.75. The van der Waals surface area contributed by atoms with E-state index in [2.05, 4.69) is 11.2 Å². The van der Waals surface area contributed by atoms with Gasteiger partial charge in [-0.25, -0.2) is 4.79 Å². The van der Waals surface area contributed by atoms with Crippen LogP contribution in [0.15, 0.2) is 34.4 Å². The maximum absolute atomic E-state index is 12.2. The third-order valence-electron chi connectivity index (χ3n) is 2.98. The zero-order valence-electron chi connectivity index (χ0n) is 11.1. The van der Waals surface area contributed by atoms with Crippen molar-refractivity contribution in [3.05, 3.63) is 39.2 Å². The molecule has 0 radical (unpaired) electrons. The fourth-order valence-corrected chi connectivity index (χ4v) is 3.31. The van der Waals surface area contributed by atoms with Gasteiger partial charge in [0.05, 0.1) is 23.7 Å². The number of hydrogen-bond donors (Lipinski definition) is 2. The second kappa shape index (κ2) is 6.13. The highest BCUT2D eigenvalue weighted by atomic mass is 32.1. The van der Waals surface area contributed by atoms with Crippen molar-refractivity contribution in [2.24, 2.45) is 0 Å². The number of hydrogen-bond acceptors (Lipinski definition) is 5. The highest BCUT2D eigenvalue weighted by Crippen LogP contribution is 2.38. The molecule has 0 amide bonds. The minimum Gasteiger partial charge on any atom is -0.463 e. The first-order valence-corrected chi connectivity index (χ1v) is 7.41. The molecule has 0 aliphatic carbocycles. The van der Waals surface area contributed by atoms with Gasteiger partial charge < -0.3 is 10.1 Å². The molecular formula is C14H14N2O2S2. The van der Waals surface area contributed by atoms with Crippen molar-refractivity contribution in [2.75, 3.05) is 6.61 Å². The van der Waals surface area contributed by atoms with Gasteiger partial charge in [0.15, 0.2) is 0 Å². The molecule has 104 valence electrons. The van der Waals surface area contributed by atoms with Gasteiger partial charge in [0, 0.05) is 10.6 Å². The Bertz CT molecular complexity index is 626. The molecule has 2 N–H and O–H groups in total. The second-order valence-corrected chi connectivity index (χ2v) is 5.59. The summed E-state index contributed by atoms with van der Waals surface area (Å²) in [6.07, 6.45) is 0. The summed E-state index contributed by atoms with van der Waals surface area (Å²) < 4.78 is 5.13. The van der Waals surface area contributed by atoms with Crippen LogP contribution in [-0.4, -0.2) is 23.4 Å². The van der Waals surface area contributed by atoms with E-state index in [1.807, 2.05) is 17.5 Å². The summed E-state index contributed by atoms with van der Waals surface area (Å²) in [5, 5.41) is 12.4. The zero-order chi connectivity index (χ0) is 14.7. The van der Waals surface area contributed by atoms with Crippen molar-refractivity contribution >= 4 is 40.4 Å². The lowest BCUT2D eigenvalue weighted by Gasteiger charge is -2.28. The Morgan fingerprint density at radius 2 is 2.40 bits per heavy atom. The van der Waals surface area contributed by atoms with Gasteiger partial charge in [-0.1, -0.05) is 18.3 Å². The van der Waals surface area contributed by atoms with Gasteiger partial charge in [-0.15, -0.1) is 11.3 Å². The first-order valence-electron chi connectivity index (χ1n) is 6.12. The topological polar surface area (TPSA) is 62.2 Å². The molecule has 2 rings (SSSR count). The zero-order valence-corrected chi connectivity index (χ0v) is 12.8. The molecular weight excluding hydrogens is 292 g/mol. The molecule has 4 nitrogen and oxygen atoms in total. The minimum absolute atomic E-state index is 0.306. The van der Waals surface area contributed by atoms with Gasteiger partial charge in [-0.05, 0) is 31.2 Å². The quantitative estimate of drug-likeness (QED) is 0.390. The lowest BCUT2D eigenvalue weighted by molar-refractivity contribution is -0.138. The predicted molar refractivity (Wildman–Crippen MR) is 83.4 cm³/mol. The van der Waals surface area contributed by atoms with Crippen molar-refractivity contribution < 1.29 is 9.53 Å². The number of ether oxygens (including phenoxy) is 1. The first kappa shape index (κ1) is 14.7. The molecule has 0 saturated carbocycles. The number of allylic oxidation sites excluding steroid dienone is 1. The van der Waals surface area contributed by atoms with Crippen LogP contribution < -0.4 is 5.32 Å². The van der Waals surface area contributed by atoms with Crippen LogP contribution in [0.5, 0.6) is 0 Å². The normalized spacial score (nSPS) is 18.6. The third-order valence-corrected chi connectivity index (χ3v) is 4.24. The molecule has 20 heavy (non-hydrogen) atoms. The molecule has 0 bridgehead atoms. The van der Waals surface area contributed by atoms with E-state index in [1.54, 1.807) is 13.8 Å². The minimum atomic E-state index is -0.383. The van der Waals surface area contributed by atoms with Crippen molar-refractivity contribution in [1.29, 1.82) is 5.41 Å². The third kappa shape index (κ3) is 2.58. The number of carbonyl (C=O) groups excluding carboxylic acids is 1. The lowest BCUT2D eigenvalue weighted by Crippen LogP contribution is -2.35. The van der Waals surface area contributed by atoms with Crippen LogP contribution >= 0.6 is 23.6 Å². The average Bonchev–Trinajstić information content (AvgIpc) is 2.91. The summed E-state index contributed by atoms with van der Waals surface area (Å²) in [4.78, 5) is 13.6. The molecule has 0 saturated heterocycles. The number of thiophene rings is 1. The van der Waals surface area contributed by atoms with E-state index in [-0.39, 0.29) is 11.9 Å². The van der Waals surface area contributed by atoms with Crippen LogP contribution in [0, 0.1) is 5.41 Å². The Morgan fingerprint density at radius 3 is 2.95 bits per heavy atom. The number of nitrogens with one attached hydrogen (secondary N) is 2. The van der Waals surface area contributed by atoms with Crippen LogP contribution in [0.25, 0.3) is 0 Å². The summed E-state index contributed by atoms with van der Waals surface area (Å²) in [6.45, 7) is 3.86. The number of carbonyl (C=O) groups is 1. The Labute approximate surface area is 126 Å². The maximum atomic E-state index is 12.2. The largest absolute Gasteiger partial charge is 0.463 e. The summed E-state index contributed by atoms with van der Waals surface area (Å²) >= 11 is 6.76. The molecule has 2 heterocycles. The SMILES string of the molecule is CCOC(=O)C1=C(C)NC(=S)C(=C=N)C1c1cccs1. The van der Waals surface area contributed by atoms with E-state index >= 15 is 0 Å². The highest BCUT2D eigenvalue weighted by molar-refractivity contribution is 7.80. The van der Waals surface area contributed by atoms with Crippen molar-refractivity contribution in [1.82, 2.24) is 5.32 Å². The standard InChI is InChI=1S/C14H14N2O2S2/c1-3-18-14(17)11-8(2)16-13(19)9(7-15)12(11)10-5-4-6-20-10/h4-6,12,15H,3H2,1-2H3,(H,16,19). The average molecular weight is 306 g/mol. The van der Waals surface area contributed by atoms with Crippen LogP contribution in [0.2, 0.25) is 0 Å². The van der Waals surface area contributed by atoms with Gasteiger partial charge >= 0.3 is 5.97 Å². The summed E-state index contributed by atoms with van der Waals surface area (Å²) in [5.74, 6) is 1.61. The van der Waals surface area contributed by atoms with Crippen molar-refractivity contribution in [2.45, 2.75) is 19.8 Å². The Morgan fingerprint density at radius 1 is 1.65 bits per heavy atom. The fraction of sp³-hybridized carbons (Fsp3) is 0.286. The van der Waals surface area contributed by atoms with Gasteiger partial charge in [0.1, 0.15) is 4.99 Å². The van der Waals surface area contributed by atoms with Crippen LogP contribution in [0.4, 0.5) is 0 Å². The van der Waals surface area contributed by atoms with Crippen LogP contribution in [-0.2, 0) is 9.53 Å². The maximum Gasteiger partial charge on any atom is 0.336 e. The van der Waals surface area contributed by atoms with Gasteiger partial charge in [-0.2, -0.15) is 0 Å². The van der Waals surface area contributed by atoms with E-state index in [1.165, 1.54) is 11.3 Å². The smallest absolute Gasteiger partial charge is 0.336 e.